The lowest BCUT2D eigenvalue weighted by Gasteiger charge is -2.35. The van der Waals surface area contributed by atoms with Gasteiger partial charge in [-0.05, 0) is 32.0 Å². The third-order valence-electron chi connectivity index (χ3n) is 3.48. The maximum Gasteiger partial charge on any atom is 0.123 e. The van der Waals surface area contributed by atoms with E-state index in [9.17, 15) is 0 Å². The van der Waals surface area contributed by atoms with Crippen molar-refractivity contribution >= 4 is 5.84 Å². The number of nitrogen functional groups attached to an aromatic ring is 1. The van der Waals surface area contributed by atoms with Gasteiger partial charge in [-0.3, -0.25) is 10.3 Å². The first-order valence-corrected chi connectivity index (χ1v) is 6.88. The van der Waals surface area contributed by atoms with E-state index in [1.165, 1.54) is 0 Å². The summed E-state index contributed by atoms with van der Waals surface area (Å²) in [6, 6.07) is 5.63. The maximum atomic E-state index is 7.55. The summed E-state index contributed by atoms with van der Waals surface area (Å²) in [5, 5.41) is 7.55. The number of rotatable bonds is 4. The number of methoxy groups -OCH3 is 1. The van der Waals surface area contributed by atoms with Crippen LogP contribution in [0.4, 0.5) is 0 Å². The quantitative estimate of drug-likeness (QED) is 0.647. The second-order valence-corrected chi connectivity index (χ2v) is 5.39. The van der Waals surface area contributed by atoms with Crippen LogP contribution in [0.15, 0.2) is 18.2 Å². The van der Waals surface area contributed by atoms with Gasteiger partial charge < -0.3 is 15.2 Å². The molecule has 1 aromatic rings. The summed E-state index contributed by atoms with van der Waals surface area (Å²) in [6.45, 7) is 6.76. The van der Waals surface area contributed by atoms with Crippen molar-refractivity contribution in [2.45, 2.75) is 32.6 Å². The van der Waals surface area contributed by atoms with E-state index in [-0.39, 0.29) is 18.0 Å². The smallest absolute Gasteiger partial charge is 0.123 e. The number of hydrogen-bond donors (Lipinski definition) is 2. The number of ether oxygens (including phenoxy) is 2. The third-order valence-corrected chi connectivity index (χ3v) is 3.48. The van der Waals surface area contributed by atoms with Crippen LogP contribution in [0.5, 0.6) is 5.75 Å². The number of nitrogens with zero attached hydrogens (tertiary/aromatic N) is 1. The van der Waals surface area contributed by atoms with Gasteiger partial charge in [0.05, 0.1) is 19.3 Å². The van der Waals surface area contributed by atoms with Gasteiger partial charge in [0.2, 0.25) is 0 Å². The molecule has 1 heterocycles. The van der Waals surface area contributed by atoms with Crippen LogP contribution in [0, 0.1) is 5.41 Å². The topological polar surface area (TPSA) is 71.6 Å². The lowest BCUT2D eigenvalue weighted by molar-refractivity contribution is -0.0706. The van der Waals surface area contributed by atoms with Gasteiger partial charge in [0.1, 0.15) is 11.6 Å². The van der Waals surface area contributed by atoms with Crippen molar-refractivity contribution in [3.63, 3.8) is 0 Å². The number of nitrogens with one attached hydrogen (secondary N) is 1. The van der Waals surface area contributed by atoms with Crippen LogP contribution in [0.1, 0.15) is 25.0 Å². The minimum Gasteiger partial charge on any atom is -0.496 e. The molecule has 20 heavy (non-hydrogen) atoms. The zero-order valence-electron chi connectivity index (χ0n) is 12.3. The van der Waals surface area contributed by atoms with Crippen LogP contribution >= 0.6 is 0 Å². The summed E-state index contributed by atoms with van der Waals surface area (Å²) in [4.78, 5) is 2.35. The molecule has 0 amide bonds. The first kappa shape index (κ1) is 14.8. The highest BCUT2D eigenvalue weighted by Gasteiger charge is 2.23. The van der Waals surface area contributed by atoms with E-state index in [0.717, 1.165) is 36.5 Å². The van der Waals surface area contributed by atoms with Gasteiger partial charge in [-0.1, -0.05) is 0 Å². The largest absolute Gasteiger partial charge is 0.496 e. The van der Waals surface area contributed by atoms with Crippen LogP contribution in [-0.2, 0) is 11.3 Å². The Morgan fingerprint density at radius 3 is 2.60 bits per heavy atom. The van der Waals surface area contributed by atoms with Crippen molar-refractivity contribution in [2.75, 3.05) is 20.2 Å². The van der Waals surface area contributed by atoms with E-state index in [4.69, 9.17) is 20.6 Å². The molecule has 1 aliphatic heterocycles. The Hall–Kier alpha value is -1.59. The lowest BCUT2D eigenvalue weighted by Crippen LogP contribution is -2.44. The van der Waals surface area contributed by atoms with Crippen molar-refractivity contribution in [2.24, 2.45) is 5.73 Å². The molecule has 0 spiro atoms. The molecule has 1 saturated heterocycles. The van der Waals surface area contributed by atoms with Crippen molar-refractivity contribution in [1.29, 1.82) is 5.41 Å². The van der Waals surface area contributed by atoms with E-state index in [1.807, 2.05) is 18.2 Å². The maximum absolute atomic E-state index is 7.55. The first-order valence-electron chi connectivity index (χ1n) is 6.88. The predicted molar refractivity (Wildman–Crippen MR) is 79.3 cm³/mol. The van der Waals surface area contributed by atoms with E-state index < -0.39 is 0 Å². The highest BCUT2D eigenvalue weighted by Crippen LogP contribution is 2.23. The molecule has 1 fully saturated rings. The Kier molecular flexibility index (Phi) is 4.62. The Morgan fingerprint density at radius 2 is 2.05 bits per heavy atom. The molecule has 2 atom stereocenters. The van der Waals surface area contributed by atoms with Crippen LogP contribution < -0.4 is 10.5 Å². The summed E-state index contributed by atoms with van der Waals surface area (Å²) in [5.74, 6) is 0.916. The van der Waals surface area contributed by atoms with E-state index in [2.05, 4.69) is 18.7 Å². The van der Waals surface area contributed by atoms with Gasteiger partial charge in [0.15, 0.2) is 0 Å². The summed E-state index contributed by atoms with van der Waals surface area (Å²) >= 11 is 0. The van der Waals surface area contributed by atoms with Crippen LogP contribution in [0.3, 0.4) is 0 Å². The molecule has 3 N–H and O–H groups in total. The molecule has 0 saturated carbocycles. The van der Waals surface area contributed by atoms with Gasteiger partial charge in [0.25, 0.3) is 0 Å². The van der Waals surface area contributed by atoms with Crippen molar-refractivity contribution in [3.05, 3.63) is 29.3 Å². The van der Waals surface area contributed by atoms with Gasteiger partial charge in [-0.25, -0.2) is 0 Å². The summed E-state index contributed by atoms with van der Waals surface area (Å²) in [5.41, 5.74) is 7.35. The fourth-order valence-electron chi connectivity index (χ4n) is 2.72. The summed E-state index contributed by atoms with van der Waals surface area (Å²) in [7, 11) is 1.66. The standard InChI is InChI=1S/C15H23N3O2/c1-10-7-18(8-11(2)20-10)9-13-6-12(15(16)17)4-5-14(13)19-3/h4-6,10-11H,7-9H2,1-3H3,(H3,16,17). The summed E-state index contributed by atoms with van der Waals surface area (Å²) < 4.78 is 11.2. The number of morpholine rings is 1. The van der Waals surface area contributed by atoms with Gasteiger partial charge in [-0.15, -0.1) is 0 Å². The zero-order chi connectivity index (χ0) is 14.7. The van der Waals surface area contributed by atoms with Gasteiger partial charge in [0, 0.05) is 30.8 Å². The fourth-order valence-corrected chi connectivity index (χ4v) is 2.72. The second kappa shape index (κ2) is 6.24. The molecule has 0 radical (unpaired) electrons. The molecule has 5 nitrogen and oxygen atoms in total. The molecule has 110 valence electrons. The fraction of sp³-hybridized carbons (Fsp3) is 0.533. The Balaban J connectivity index is 2.18. The van der Waals surface area contributed by atoms with Crippen molar-refractivity contribution in [1.82, 2.24) is 4.90 Å². The third kappa shape index (κ3) is 3.49. The van der Waals surface area contributed by atoms with E-state index in [1.54, 1.807) is 7.11 Å². The number of amidine groups is 1. The second-order valence-electron chi connectivity index (χ2n) is 5.39. The van der Waals surface area contributed by atoms with Crippen LogP contribution in [0.25, 0.3) is 0 Å². The number of hydrogen-bond acceptors (Lipinski definition) is 4. The molecule has 2 unspecified atom stereocenters. The Morgan fingerprint density at radius 1 is 1.40 bits per heavy atom. The Bertz CT molecular complexity index is 480. The van der Waals surface area contributed by atoms with Gasteiger partial charge >= 0.3 is 0 Å². The summed E-state index contributed by atoms with van der Waals surface area (Å²) in [6.07, 6.45) is 0.474. The predicted octanol–water partition coefficient (Wildman–Crippen LogP) is 1.59. The first-order chi connectivity index (χ1) is 9.49. The van der Waals surface area contributed by atoms with Crippen LogP contribution in [0.2, 0.25) is 0 Å². The monoisotopic (exact) mass is 277 g/mol. The van der Waals surface area contributed by atoms with E-state index in [0.29, 0.717) is 0 Å². The molecule has 0 bridgehead atoms. The molecule has 5 heteroatoms. The minimum atomic E-state index is 0.0811. The zero-order valence-corrected chi connectivity index (χ0v) is 12.3. The van der Waals surface area contributed by atoms with Crippen LogP contribution in [-0.4, -0.2) is 43.1 Å². The number of benzene rings is 1. The Labute approximate surface area is 120 Å². The van der Waals surface area contributed by atoms with Crippen molar-refractivity contribution < 1.29 is 9.47 Å². The molecular weight excluding hydrogens is 254 g/mol. The lowest BCUT2D eigenvalue weighted by atomic mass is 10.1. The average molecular weight is 277 g/mol. The normalized spacial score (nSPS) is 23.6. The molecule has 0 aromatic heterocycles. The molecule has 2 rings (SSSR count). The highest BCUT2D eigenvalue weighted by molar-refractivity contribution is 5.95. The molecule has 1 aromatic carbocycles. The molecular formula is C15H23N3O2. The van der Waals surface area contributed by atoms with Gasteiger partial charge in [-0.2, -0.15) is 0 Å². The minimum absolute atomic E-state index is 0.0811. The van der Waals surface area contributed by atoms with E-state index >= 15 is 0 Å². The molecule has 0 aliphatic carbocycles. The molecule has 1 aliphatic rings. The van der Waals surface area contributed by atoms with Crippen molar-refractivity contribution in [3.8, 4) is 5.75 Å². The average Bonchev–Trinajstić information content (AvgIpc) is 2.37. The highest BCUT2D eigenvalue weighted by atomic mass is 16.5. The number of nitrogens with two attached hydrogens (primary N) is 1. The SMILES string of the molecule is COc1ccc(C(=N)N)cc1CN1CC(C)OC(C)C1.